The molecule has 2 rings (SSSR count). The maximum absolute atomic E-state index is 10.2. The second kappa shape index (κ2) is 6.29. The molecule has 2 nitrogen and oxygen atoms in total. The third kappa shape index (κ3) is 3.63. The van der Waals surface area contributed by atoms with Crippen molar-refractivity contribution in [3.63, 3.8) is 0 Å². The summed E-state index contributed by atoms with van der Waals surface area (Å²) >= 11 is 12.0. The summed E-state index contributed by atoms with van der Waals surface area (Å²) in [7, 11) is 1.62. The average Bonchev–Trinajstić information content (AvgIpc) is 2.42. The molecule has 4 heteroatoms. The summed E-state index contributed by atoms with van der Waals surface area (Å²) in [6.45, 7) is 0. The van der Waals surface area contributed by atoms with Gasteiger partial charge in [-0.2, -0.15) is 0 Å². The van der Waals surface area contributed by atoms with Crippen molar-refractivity contribution in [3.8, 4) is 5.75 Å². The topological polar surface area (TPSA) is 29.5 Å². The van der Waals surface area contributed by atoms with Gasteiger partial charge in [0.1, 0.15) is 5.75 Å². The van der Waals surface area contributed by atoms with Crippen LogP contribution in [-0.4, -0.2) is 12.2 Å². The molecule has 0 saturated carbocycles. The lowest BCUT2D eigenvalue weighted by atomic mass is 10.0. The second-order valence-corrected chi connectivity index (χ2v) is 5.08. The van der Waals surface area contributed by atoms with E-state index in [0.717, 1.165) is 11.3 Å². The van der Waals surface area contributed by atoms with Crippen molar-refractivity contribution in [1.29, 1.82) is 0 Å². The molecule has 2 aromatic rings. The summed E-state index contributed by atoms with van der Waals surface area (Å²) in [4.78, 5) is 0. The van der Waals surface area contributed by atoms with E-state index in [1.807, 2.05) is 24.3 Å². The molecule has 0 fully saturated rings. The summed E-state index contributed by atoms with van der Waals surface area (Å²) in [5, 5.41) is 11.3. The standard InChI is InChI=1S/C15H14Cl2O2/c1-19-12-5-2-10(3-6-12)8-15(18)13-9-11(16)4-7-14(13)17/h2-7,9,15,18H,8H2,1H3. The van der Waals surface area contributed by atoms with Crippen molar-refractivity contribution >= 4 is 23.2 Å². The second-order valence-electron chi connectivity index (χ2n) is 4.23. The van der Waals surface area contributed by atoms with Gasteiger partial charge in [-0.05, 0) is 35.9 Å². The van der Waals surface area contributed by atoms with Crippen LogP contribution in [0.15, 0.2) is 42.5 Å². The van der Waals surface area contributed by atoms with Gasteiger partial charge in [-0.3, -0.25) is 0 Å². The predicted molar refractivity (Wildman–Crippen MR) is 78.1 cm³/mol. The highest BCUT2D eigenvalue weighted by Crippen LogP contribution is 2.28. The minimum Gasteiger partial charge on any atom is -0.497 e. The Morgan fingerprint density at radius 3 is 2.42 bits per heavy atom. The first-order chi connectivity index (χ1) is 9.10. The molecule has 0 spiro atoms. The van der Waals surface area contributed by atoms with Crippen molar-refractivity contribution < 1.29 is 9.84 Å². The summed E-state index contributed by atoms with van der Waals surface area (Å²) in [6.07, 6.45) is -0.205. The lowest BCUT2D eigenvalue weighted by molar-refractivity contribution is 0.178. The number of rotatable bonds is 4. The highest BCUT2D eigenvalue weighted by Gasteiger charge is 2.13. The molecule has 2 aromatic carbocycles. The number of methoxy groups -OCH3 is 1. The monoisotopic (exact) mass is 296 g/mol. The van der Waals surface area contributed by atoms with Crippen molar-refractivity contribution in [2.75, 3.05) is 7.11 Å². The lowest BCUT2D eigenvalue weighted by Gasteiger charge is -2.13. The van der Waals surface area contributed by atoms with Crippen LogP contribution in [0.4, 0.5) is 0 Å². The highest BCUT2D eigenvalue weighted by molar-refractivity contribution is 6.33. The Hall–Kier alpha value is -1.22. The van der Waals surface area contributed by atoms with Crippen LogP contribution in [0.2, 0.25) is 10.0 Å². The Morgan fingerprint density at radius 2 is 1.79 bits per heavy atom. The van der Waals surface area contributed by atoms with Gasteiger partial charge in [0.2, 0.25) is 0 Å². The van der Waals surface area contributed by atoms with E-state index in [2.05, 4.69) is 0 Å². The van der Waals surface area contributed by atoms with Crippen LogP contribution in [0.3, 0.4) is 0 Å². The predicted octanol–water partition coefficient (Wildman–Crippen LogP) is 4.28. The van der Waals surface area contributed by atoms with Gasteiger partial charge in [-0.1, -0.05) is 35.3 Å². The van der Waals surface area contributed by atoms with Gasteiger partial charge < -0.3 is 9.84 Å². The normalized spacial score (nSPS) is 12.2. The van der Waals surface area contributed by atoms with Crippen LogP contribution < -0.4 is 4.74 Å². The third-order valence-electron chi connectivity index (χ3n) is 2.91. The van der Waals surface area contributed by atoms with Crippen molar-refractivity contribution in [2.24, 2.45) is 0 Å². The van der Waals surface area contributed by atoms with Gasteiger partial charge in [0, 0.05) is 22.0 Å². The van der Waals surface area contributed by atoms with Crippen LogP contribution in [0.1, 0.15) is 17.2 Å². The number of aliphatic hydroxyl groups is 1. The van der Waals surface area contributed by atoms with Gasteiger partial charge in [0.15, 0.2) is 0 Å². The average molecular weight is 297 g/mol. The van der Waals surface area contributed by atoms with E-state index in [1.54, 1.807) is 25.3 Å². The molecule has 0 saturated heterocycles. The first kappa shape index (κ1) is 14.2. The van der Waals surface area contributed by atoms with Gasteiger partial charge in [-0.15, -0.1) is 0 Å². The molecule has 0 aromatic heterocycles. The fourth-order valence-corrected chi connectivity index (χ4v) is 2.29. The molecule has 1 atom stereocenters. The first-order valence-electron chi connectivity index (χ1n) is 5.86. The summed E-state index contributed by atoms with van der Waals surface area (Å²) in [6, 6.07) is 12.6. The van der Waals surface area contributed by atoms with Gasteiger partial charge in [0.25, 0.3) is 0 Å². The van der Waals surface area contributed by atoms with E-state index in [9.17, 15) is 5.11 Å². The Morgan fingerprint density at radius 1 is 1.11 bits per heavy atom. The van der Waals surface area contributed by atoms with Crippen molar-refractivity contribution in [1.82, 2.24) is 0 Å². The summed E-state index contributed by atoms with van der Waals surface area (Å²) in [5.74, 6) is 0.791. The van der Waals surface area contributed by atoms with E-state index >= 15 is 0 Å². The zero-order chi connectivity index (χ0) is 13.8. The molecule has 0 aliphatic rings. The van der Waals surface area contributed by atoms with Crippen LogP contribution in [-0.2, 0) is 6.42 Å². The molecule has 0 radical (unpaired) electrons. The number of hydrogen-bond acceptors (Lipinski definition) is 2. The molecule has 0 heterocycles. The number of benzene rings is 2. The highest BCUT2D eigenvalue weighted by atomic mass is 35.5. The Balaban J connectivity index is 2.15. The number of halogens is 2. The summed E-state index contributed by atoms with van der Waals surface area (Å²) < 4.78 is 5.09. The van der Waals surface area contributed by atoms with Crippen molar-refractivity contribution in [2.45, 2.75) is 12.5 Å². The molecule has 0 bridgehead atoms. The van der Waals surface area contributed by atoms with Crippen molar-refractivity contribution in [3.05, 3.63) is 63.6 Å². The smallest absolute Gasteiger partial charge is 0.118 e. The fraction of sp³-hybridized carbons (Fsp3) is 0.200. The van der Waals surface area contributed by atoms with E-state index in [4.69, 9.17) is 27.9 Å². The summed E-state index contributed by atoms with van der Waals surface area (Å²) in [5.41, 5.74) is 1.65. The molecule has 0 amide bonds. The number of ether oxygens (including phenoxy) is 1. The molecule has 1 N–H and O–H groups in total. The fourth-order valence-electron chi connectivity index (χ4n) is 1.86. The quantitative estimate of drug-likeness (QED) is 0.912. The Kier molecular flexibility index (Phi) is 4.70. The van der Waals surface area contributed by atoms with Gasteiger partial charge in [0.05, 0.1) is 13.2 Å². The van der Waals surface area contributed by atoms with Crippen LogP contribution in [0, 0.1) is 0 Å². The minimum absolute atomic E-state index is 0.476. The van der Waals surface area contributed by atoms with E-state index in [0.29, 0.717) is 22.0 Å². The van der Waals surface area contributed by atoms with E-state index < -0.39 is 6.10 Å². The van der Waals surface area contributed by atoms with Crippen LogP contribution >= 0.6 is 23.2 Å². The van der Waals surface area contributed by atoms with Gasteiger partial charge in [-0.25, -0.2) is 0 Å². The zero-order valence-corrected chi connectivity index (χ0v) is 11.9. The van der Waals surface area contributed by atoms with Crippen LogP contribution in [0.25, 0.3) is 0 Å². The molecule has 19 heavy (non-hydrogen) atoms. The number of aliphatic hydroxyl groups excluding tert-OH is 1. The minimum atomic E-state index is -0.681. The van der Waals surface area contributed by atoms with Gasteiger partial charge >= 0.3 is 0 Å². The molecule has 0 aliphatic carbocycles. The molecule has 1 unspecified atom stereocenters. The SMILES string of the molecule is COc1ccc(CC(O)c2cc(Cl)ccc2Cl)cc1. The molecule has 0 aliphatic heterocycles. The molecule has 100 valence electrons. The lowest BCUT2D eigenvalue weighted by Crippen LogP contribution is -2.02. The Bertz CT molecular complexity index is 553. The molecular weight excluding hydrogens is 283 g/mol. The third-order valence-corrected chi connectivity index (χ3v) is 3.48. The maximum atomic E-state index is 10.2. The first-order valence-corrected chi connectivity index (χ1v) is 6.61. The van der Waals surface area contributed by atoms with Crippen LogP contribution in [0.5, 0.6) is 5.75 Å². The largest absolute Gasteiger partial charge is 0.497 e. The maximum Gasteiger partial charge on any atom is 0.118 e. The Labute approximate surface area is 122 Å². The van der Waals surface area contributed by atoms with E-state index in [-0.39, 0.29) is 0 Å². The van der Waals surface area contributed by atoms with E-state index in [1.165, 1.54) is 0 Å². The molecular formula is C15H14Cl2O2. The zero-order valence-electron chi connectivity index (χ0n) is 10.4. The number of hydrogen-bond donors (Lipinski definition) is 1.